The Balaban J connectivity index is 2.05. The smallest absolute Gasteiger partial charge is 0.161 e. The third kappa shape index (κ3) is 4.48. The number of nitrogens with two attached hydrogens (primary N) is 1. The number of nitrogen functional groups attached to an aromatic ring is 1. The average molecular weight is 373 g/mol. The minimum absolute atomic E-state index is 0.0965. The van der Waals surface area contributed by atoms with Gasteiger partial charge in [0.15, 0.2) is 5.82 Å². The monoisotopic (exact) mass is 372 g/mol. The van der Waals surface area contributed by atoms with Crippen molar-refractivity contribution in [3.8, 4) is 11.4 Å². The quantitative estimate of drug-likeness (QED) is 0.802. The van der Waals surface area contributed by atoms with Crippen LogP contribution in [-0.4, -0.2) is 41.5 Å². The van der Waals surface area contributed by atoms with E-state index in [-0.39, 0.29) is 4.75 Å². The van der Waals surface area contributed by atoms with Crippen LogP contribution in [0.5, 0.6) is 0 Å². The molecule has 1 aliphatic heterocycles. The highest BCUT2D eigenvalue weighted by Crippen LogP contribution is 2.39. The van der Waals surface area contributed by atoms with Crippen LogP contribution in [-0.2, 0) is 9.48 Å². The summed E-state index contributed by atoms with van der Waals surface area (Å²) in [6.45, 7) is 12.1. The minimum atomic E-state index is -0.0965. The van der Waals surface area contributed by atoms with Gasteiger partial charge in [0.1, 0.15) is 5.82 Å². The van der Waals surface area contributed by atoms with E-state index >= 15 is 0 Å². The van der Waals surface area contributed by atoms with Gasteiger partial charge in [0, 0.05) is 30.4 Å². The van der Waals surface area contributed by atoms with Crippen molar-refractivity contribution in [1.29, 1.82) is 0 Å². The molecule has 5 nitrogen and oxygen atoms in total. The van der Waals surface area contributed by atoms with Gasteiger partial charge in [0.05, 0.1) is 23.7 Å². The first-order chi connectivity index (χ1) is 12.3. The van der Waals surface area contributed by atoms with E-state index in [4.69, 9.17) is 20.4 Å². The van der Waals surface area contributed by atoms with E-state index in [0.29, 0.717) is 5.25 Å². The van der Waals surface area contributed by atoms with Gasteiger partial charge in [-0.15, -0.1) is 11.8 Å². The first-order valence-corrected chi connectivity index (χ1v) is 9.99. The zero-order valence-corrected chi connectivity index (χ0v) is 16.8. The molecule has 3 rings (SSSR count). The molecule has 26 heavy (non-hydrogen) atoms. The van der Waals surface area contributed by atoms with Gasteiger partial charge < -0.3 is 15.4 Å². The lowest BCUT2D eigenvalue weighted by molar-refractivity contribution is 0.122. The summed E-state index contributed by atoms with van der Waals surface area (Å²) in [6, 6.07) is 9.91. The molecule has 1 aromatic heterocycles. The lowest BCUT2D eigenvalue weighted by Gasteiger charge is -2.31. The summed E-state index contributed by atoms with van der Waals surface area (Å²) in [7, 11) is 0. The molecule has 2 heterocycles. The highest BCUT2D eigenvalue weighted by molar-refractivity contribution is 8.00. The second kappa shape index (κ2) is 7.84. The van der Waals surface area contributed by atoms with Gasteiger partial charge in [0.2, 0.25) is 0 Å². The van der Waals surface area contributed by atoms with Crippen LogP contribution in [0.4, 0.5) is 11.5 Å². The number of ether oxygens (including phenoxy) is 1. The fourth-order valence-corrected chi connectivity index (χ4v) is 4.51. The van der Waals surface area contributed by atoms with Crippen LogP contribution in [0.3, 0.4) is 0 Å². The topological polar surface area (TPSA) is 64.3 Å². The normalized spacial score (nSPS) is 15.5. The van der Waals surface area contributed by atoms with E-state index in [2.05, 4.69) is 38.7 Å². The summed E-state index contributed by atoms with van der Waals surface area (Å²) in [5.74, 6) is 1.73. The molecule has 0 saturated carbocycles. The Morgan fingerprint density at radius 3 is 2.38 bits per heavy atom. The van der Waals surface area contributed by atoms with Crippen molar-refractivity contribution in [2.45, 2.75) is 37.7 Å². The molecular formula is C20H28N4OS. The Hall–Kier alpha value is -1.79. The molecular weight excluding hydrogens is 344 g/mol. The highest BCUT2D eigenvalue weighted by Gasteiger charge is 2.27. The summed E-state index contributed by atoms with van der Waals surface area (Å²) in [6.07, 6.45) is 0. The predicted octanol–water partition coefficient (Wildman–Crippen LogP) is 3.94. The summed E-state index contributed by atoms with van der Waals surface area (Å²) in [5.41, 5.74) is 8.63. The van der Waals surface area contributed by atoms with Crippen LogP contribution < -0.4 is 10.6 Å². The van der Waals surface area contributed by atoms with E-state index in [9.17, 15) is 0 Å². The van der Waals surface area contributed by atoms with E-state index in [1.54, 1.807) is 0 Å². The molecule has 0 unspecified atom stereocenters. The van der Waals surface area contributed by atoms with Gasteiger partial charge in [-0.25, -0.2) is 9.97 Å². The van der Waals surface area contributed by atoms with E-state index < -0.39 is 0 Å². The van der Waals surface area contributed by atoms with Crippen molar-refractivity contribution < 1.29 is 4.74 Å². The van der Waals surface area contributed by atoms with Crippen molar-refractivity contribution in [2.75, 3.05) is 36.9 Å². The maximum atomic E-state index is 5.84. The highest BCUT2D eigenvalue weighted by atomic mass is 32.2. The Kier molecular flexibility index (Phi) is 5.73. The third-order valence-corrected chi connectivity index (χ3v) is 5.63. The van der Waals surface area contributed by atoms with Crippen molar-refractivity contribution in [2.24, 2.45) is 0 Å². The molecule has 0 aliphatic carbocycles. The molecule has 2 N–H and O–H groups in total. The maximum absolute atomic E-state index is 5.84. The number of benzene rings is 1. The summed E-state index contributed by atoms with van der Waals surface area (Å²) in [5, 5.41) is 0.520. The van der Waals surface area contributed by atoms with Gasteiger partial charge in [-0.05, 0) is 43.4 Å². The summed E-state index contributed by atoms with van der Waals surface area (Å²) < 4.78 is 5.40. The first-order valence-electron chi connectivity index (χ1n) is 9.11. The second-order valence-electron chi connectivity index (χ2n) is 7.33. The molecule has 1 saturated heterocycles. The number of morpholine rings is 1. The molecule has 1 fully saturated rings. The van der Waals surface area contributed by atoms with Crippen LogP contribution in [0, 0.1) is 0 Å². The van der Waals surface area contributed by atoms with Crippen LogP contribution in [0.25, 0.3) is 11.4 Å². The minimum Gasteiger partial charge on any atom is -0.399 e. The Morgan fingerprint density at radius 2 is 1.77 bits per heavy atom. The first kappa shape index (κ1) is 19.0. The number of nitrogens with zero attached hydrogens (tertiary/aromatic N) is 3. The number of aromatic nitrogens is 2. The lowest BCUT2D eigenvalue weighted by Crippen LogP contribution is -2.37. The molecule has 6 heteroatoms. The second-order valence-corrected chi connectivity index (χ2v) is 9.53. The van der Waals surface area contributed by atoms with E-state index in [1.807, 2.05) is 36.0 Å². The lowest BCUT2D eigenvalue weighted by atomic mass is 10.1. The van der Waals surface area contributed by atoms with Crippen LogP contribution in [0.1, 0.15) is 33.4 Å². The molecule has 1 aliphatic rings. The molecule has 0 bridgehead atoms. The Labute approximate surface area is 160 Å². The summed E-state index contributed by atoms with van der Waals surface area (Å²) >= 11 is 1.92. The molecule has 0 radical (unpaired) electrons. The Morgan fingerprint density at radius 1 is 1.12 bits per heavy atom. The van der Waals surface area contributed by atoms with Crippen molar-refractivity contribution >= 4 is 23.3 Å². The van der Waals surface area contributed by atoms with Gasteiger partial charge in [-0.1, -0.05) is 13.8 Å². The Bertz CT molecular complexity index is 740. The number of thioether (sulfide) groups is 1. The van der Waals surface area contributed by atoms with E-state index in [0.717, 1.165) is 54.9 Å². The largest absolute Gasteiger partial charge is 0.399 e. The SMILES string of the molecule is CC(C)SC(C)(C)c1cc(N2CCOCC2)nc(-c2ccc(N)cc2)n1. The fourth-order valence-electron chi connectivity index (χ4n) is 3.11. The van der Waals surface area contributed by atoms with E-state index in [1.165, 1.54) is 0 Å². The van der Waals surface area contributed by atoms with Crippen LogP contribution in [0.15, 0.2) is 30.3 Å². The van der Waals surface area contributed by atoms with Crippen molar-refractivity contribution in [3.63, 3.8) is 0 Å². The van der Waals surface area contributed by atoms with Crippen molar-refractivity contribution in [1.82, 2.24) is 9.97 Å². The molecule has 2 aromatic rings. The van der Waals surface area contributed by atoms with Crippen LogP contribution >= 0.6 is 11.8 Å². The zero-order chi connectivity index (χ0) is 18.7. The fraction of sp³-hybridized carbons (Fsp3) is 0.500. The molecule has 140 valence electrons. The molecule has 0 atom stereocenters. The number of hydrogen-bond acceptors (Lipinski definition) is 6. The maximum Gasteiger partial charge on any atom is 0.161 e. The predicted molar refractivity (Wildman–Crippen MR) is 111 cm³/mol. The van der Waals surface area contributed by atoms with Crippen molar-refractivity contribution in [3.05, 3.63) is 36.0 Å². The standard InChI is InChI=1S/C20H28N4OS/c1-14(2)26-20(3,4)17-13-18(24-9-11-25-12-10-24)23-19(22-17)15-5-7-16(21)8-6-15/h5-8,13-14H,9-12,21H2,1-4H3. The van der Waals surface area contributed by atoms with Gasteiger partial charge in [0.25, 0.3) is 0 Å². The third-order valence-electron chi connectivity index (χ3n) is 4.36. The molecule has 1 aromatic carbocycles. The number of rotatable bonds is 5. The molecule has 0 spiro atoms. The zero-order valence-electron chi connectivity index (χ0n) is 16.0. The van der Waals surface area contributed by atoms with Gasteiger partial charge >= 0.3 is 0 Å². The van der Waals surface area contributed by atoms with Gasteiger partial charge in [-0.2, -0.15) is 0 Å². The van der Waals surface area contributed by atoms with Gasteiger partial charge in [-0.3, -0.25) is 0 Å². The number of hydrogen-bond donors (Lipinski definition) is 1. The number of anilines is 2. The molecule has 0 amide bonds. The summed E-state index contributed by atoms with van der Waals surface area (Å²) in [4.78, 5) is 12.1. The average Bonchev–Trinajstić information content (AvgIpc) is 2.62. The van der Waals surface area contributed by atoms with Crippen LogP contribution in [0.2, 0.25) is 0 Å².